The van der Waals surface area contributed by atoms with Gasteiger partial charge in [0.2, 0.25) is 0 Å². The molecule has 1 heterocycles. The summed E-state index contributed by atoms with van der Waals surface area (Å²) in [7, 11) is 0. The number of furan rings is 1. The molecule has 1 aromatic heterocycles. The van der Waals surface area contributed by atoms with Gasteiger partial charge in [0, 0.05) is 11.6 Å². The van der Waals surface area contributed by atoms with Crippen LogP contribution in [-0.2, 0) is 0 Å². The zero-order valence-electron chi connectivity index (χ0n) is 7.90. The van der Waals surface area contributed by atoms with Crippen molar-refractivity contribution in [2.24, 2.45) is 0 Å². The summed E-state index contributed by atoms with van der Waals surface area (Å²) in [6.07, 6.45) is 1.55. The third-order valence-corrected chi connectivity index (χ3v) is 2.28. The molecule has 4 nitrogen and oxygen atoms in total. The molecule has 0 radical (unpaired) electrons. The molecule has 0 unspecified atom stereocenters. The van der Waals surface area contributed by atoms with Gasteiger partial charge < -0.3 is 4.42 Å². The number of non-ortho nitro benzene ring substituents is 1. The average molecular weight is 191 g/mol. The number of rotatable bonds is 1. The van der Waals surface area contributed by atoms with Gasteiger partial charge in [-0.3, -0.25) is 10.1 Å². The maximum atomic E-state index is 10.7. The fourth-order valence-corrected chi connectivity index (χ4v) is 1.57. The highest BCUT2D eigenvalue weighted by molar-refractivity contribution is 5.92. The van der Waals surface area contributed by atoms with Gasteiger partial charge in [0.05, 0.1) is 11.2 Å². The first-order valence-corrected chi connectivity index (χ1v) is 4.23. The van der Waals surface area contributed by atoms with Crippen LogP contribution in [0.1, 0.15) is 11.1 Å². The fraction of sp³-hybridized carbons (Fsp3) is 0.200. The smallest absolute Gasteiger partial charge is 0.280 e. The predicted octanol–water partition coefficient (Wildman–Crippen LogP) is 2.96. The van der Waals surface area contributed by atoms with Gasteiger partial charge >= 0.3 is 0 Å². The average Bonchev–Trinajstić information content (AvgIpc) is 2.50. The van der Waals surface area contributed by atoms with Gasteiger partial charge in [-0.1, -0.05) is 0 Å². The molecule has 14 heavy (non-hydrogen) atoms. The summed E-state index contributed by atoms with van der Waals surface area (Å²) in [5.41, 5.74) is 2.43. The van der Waals surface area contributed by atoms with Crippen molar-refractivity contribution in [2.45, 2.75) is 13.8 Å². The minimum Gasteiger partial charge on any atom is -0.464 e. The molecule has 72 valence electrons. The zero-order chi connectivity index (χ0) is 10.3. The second kappa shape index (κ2) is 2.83. The Morgan fingerprint density at radius 3 is 2.64 bits per heavy atom. The Morgan fingerprint density at radius 2 is 2.00 bits per heavy atom. The van der Waals surface area contributed by atoms with Crippen molar-refractivity contribution in [1.82, 2.24) is 0 Å². The molecule has 0 aliphatic heterocycles. The van der Waals surface area contributed by atoms with Crippen LogP contribution in [0.4, 0.5) is 5.69 Å². The summed E-state index contributed by atoms with van der Waals surface area (Å²) >= 11 is 0. The van der Waals surface area contributed by atoms with Crippen LogP contribution >= 0.6 is 0 Å². The first-order valence-electron chi connectivity index (χ1n) is 4.23. The van der Waals surface area contributed by atoms with Crippen molar-refractivity contribution in [3.63, 3.8) is 0 Å². The van der Waals surface area contributed by atoms with Crippen molar-refractivity contribution in [3.8, 4) is 0 Å². The maximum absolute atomic E-state index is 10.7. The summed E-state index contributed by atoms with van der Waals surface area (Å²) in [5.74, 6) is 0. The molecule has 0 saturated heterocycles. The molecule has 0 N–H and O–H groups in total. The van der Waals surface area contributed by atoms with E-state index < -0.39 is 0 Å². The highest BCUT2D eigenvalue weighted by Crippen LogP contribution is 2.31. The molecule has 0 bridgehead atoms. The molecule has 0 fully saturated rings. The van der Waals surface area contributed by atoms with Crippen LogP contribution in [0.15, 0.2) is 22.8 Å². The Bertz CT molecular complexity index is 513. The molecule has 4 heteroatoms. The molecule has 0 aliphatic carbocycles. The van der Waals surface area contributed by atoms with Crippen LogP contribution in [0, 0.1) is 24.0 Å². The van der Waals surface area contributed by atoms with Gasteiger partial charge in [-0.15, -0.1) is 0 Å². The van der Waals surface area contributed by atoms with Gasteiger partial charge in [0.25, 0.3) is 5.69 Å². The van der Waals surface area contributed by atoms with E-state index in [0.29, 0.717) is 11.0 Å². The van der Waals surface area contributed by atoms with Crippen LogP contribution in [0.2, 0.25) is 0 Å². The first-order chi connectivity index (χ1) is 6.61. The molecule has 1 aromatic carbocycles. The molecular weight excluding hydrogens is 182 g/mol. The molecular formula is C10H9NO3. The van der Waals surface area contributed by atoms with Gasteiger partial charge in [-0.2, -0.15) is 0 Å². The van der Waals surface area contributed by atoms with Crippen LogP contribution in [0.3, 0.4) is 0 Å². The molecule has 0 atom stereocenters. The number of hydrogen-bond acceptors (Lipinski definition) is 3. The number of nitro benzene ring substituents is 1. The van der Waals surface area contributed by atoms with E-state index in [0.717, 1.165) is 11.1 Å². The van der Waals surface area contributed by atoms with Gasteiger partial charge in [0.15, 0.2) is 0 Å². The van der Waals surface area contributed by atoms with Crippen molar-refractivity contribution in [1.29, 1.82) is 0 Å². The third-order valence-electron chi connectivity index (χ3n) is 2.28. The van der Waals surface area contributed by atoms with E-state index in [1.54, 1.807) is 19.3 Å². The topological polar surface area (TPSA) is 56.3 Å². The van der Waals surface area contributed by atoms with Crippen molar-refractivity contribution >= 4 is 16.7 Å². The number of fused-ring (bicyclic) bond motifs is 1. The monoisotopic (exact) mass is 191 g/mol. The lowest BCUT2D eigenvalue weighted by Gasteiger charge is -1.96. The SMILES string of the molecule is Cc1ccc([N+](=O)[O-])c2c(C)coc12. The highest BCUT2D eigenvalue weighted by Gasteiger charge is 2.17. The number of nitrogens with zero attached hydrogens (tertiary/aromatic N) is 1. The van der Waals surface area contributed by atoms with E-state index in [9.17, 15) is 10.1 Å². The largest absolute Gasteiger partial charge is 0.464 e. The van der Waals surface area contributed by atoms with Crippen LogP contribution in [0.5, 0.6) is 0 Å². The molecule has 0 aliphatic rings. The highest BCUT2D eigenvalue weighted by atomic mass is 16.6. The normalized spacial score (nSPS) is 10.7. The van der Waals surface area contributed by atoms with Gasteiger partial charge in [0.1, 0.15) is 11.0 Å². The second-order valence-electron chi connectivity index (χ2n) is 3.28. The third kappa shape index (κ3) is 1.08. The van der Waals surface area contributed by atoms with E-state index in [-0.39, 0.29) is 10.6 Å². The van der Waals surface area contributed by atoms with Crippen molar-refractivity contribution in [3.05, 3.63) is 39.6 Å². The molecule has 0 amide bonds. The van der Waals surface area contributed by atoms with E-state index in [4.69, 9.17) is 4.42 Å². The Morgan fingerprint density at radius 1 is 1.29 bits per heavy atom. The van der Waals surface area contributed by atoms with Crippen LogP contribution < -0.4 is 0 Å². The van der Waals surface area contributed by atoms with E-state index in [2.05, 4.69) is 0 Å². The summed E-state index contributed by atoms with van der Waals surface area (Å²) < 4.78 is 5.27. The summed E-state index contributed by atoms with van der Waals surface area (Å²) in [5, 5.41) is 11.3. The minimum atomic E-state index is -0.385. The van der Waals surface area contributed by atoms with Crippen molar-refractivity contribution < 1.29 is 9.34 Å². The van der Waals surface area contributed by atoms with Gasteiger partial charge in [-0.05, 0) is 25.5 Å². The second-order valence-corrected chi connectivity index (χ2v) is 3.28. The number of aryl methyl sites for hydroxylation is 2. The van der Waals surface area contributed by atoms with Crippen LogP contribution in [0.25, 0.3) is 11.0 Å². The molecule has 2 rings (SSSR count). The summed E-state index contributed by atoms with van der Waals surface area (Å²) in [4.78, 5) is 10.4. The van der Waals surface area contributed by atoms with E-state index in [1.807, 2.05) is 6.92 Å². The zero-order valence-corrected chi connectivity index (χ0v) is 7.90. The molecule has 0 spiro atoms. The Kier molecular flexibility index (Phi) is 1.77. The summed E-state index contributed by atoms with van der Waals surface area (Å²) in [6.45, 7) is 3.67. The molecule has 0 saturated carbocycles. The quantitative estimate of drug-likeness (QED) is 0.514. The lowest BCUT2D eigenvalue weighted by atomic mass is 10.1. The van der Waals surface area contributed by atoms with Crippen molar-refractivity contribution in [2.75, 3.05) is 0 Å². The Labute approximate surface area is 80.3 Å². The lowest BCUT2D eigenvalue weighted by Crippen LogP contribution is -1.89. The Hall–Kier alpha value is -1.84. The Balaban J connectivity index is 2.92. The number of nitro groups is 1. The van der Waals surface area contributed by atoms with E-state index in [1.165, 1.54) is 6.07 Å². The number of hydrogen-bond donors (Lipinski definition) is 0. The van der Waals surface area contributed by atoms with E-state index >= 15 is 0 Å². The minimum absolute atomic E-state index is 0.108. The number of benzene rings is 1. The van der Waals surface area contributed by atoms with Crippen LogP contribution in [-0.4, -0.2) is 4.92 Å². The standard InChI is InChI=1S/C10H9NO3/c1-6-3-4-8(11(12)13)9-7(2)5-14-10(6)9/h3-5H,1-2H3. The van der Waals surface area contributed by atoms with Gasteiger partial charge in [-0.25, -0.2) is 0 Å². The predicted molar refractivity (Wildman–Crippen MR) is 52.3 cm³/mol. The fourth-order valence-electron chi connectivity index (χ4n) is 1.57. The molecule has 2 aromatic rings. The lowest BCUT2D eigenvalue weighted by molar-refractivity contribution is -0.383. The summed E-state index contributed by atoms with van der Waals surface area (Å²) in [6, 6.07) is 3.21. The first kappa shape index (κ1) is 8.74. The maximum Gasteiger partial charge on any atom is 0.280 e.